The van der Waals surface area contributed by atoms with E-state index < -0.39 is 11.6 Å². The molecule has 0 amide bonds. The van der Waals surface area contributed by atoms with Gasteiger partial charge in [-0.3, -0.25) is 0 Å². The second-order valence-electron chi connectivity index (χ2n) is 3.54. The molecular formula is C11H7F2N5O. The Kier molecular flexibility index (Phi) is 3.44. The fourth-order valence-electron chi connectivity index (χ4n) is 1.60. The van der Waals surface area contributed by atoms with Crippen LogP contribution in [0, 0.1) is 11.6 Å². The molecule has 0 atom stereocenters. The maximum absolute atomic E-state index is 13.8. The minimum absolute atomic E-state index is 0.148. The highest BCUT2D eigenvalue weighted by molar-refractivity contribution is 5.78. The van der Waals surface area contributed by atoms with Crippen molar-refractivity contribution >= 4 is 11.9 Å². The maximum Gasteiger partial charge on any atom is 0.150 e. The van der Waals surface area contributed by atoms with Crippen LogP contribution in [0.4, 0.5) is 14.5 Å². The molecule has 1 aromatic carbocycles. The topological polar surface area (TPSA) is 86.3 Å². The molecule has 0 fully saturated rings. The van der Waals surface area contributed by atoms with Gasteiger partial charge >= 0.3 is 0 Å². The predicted molar refractivity (Wildman–Crippen MR) is 63.9 cm³/mol. The second kappa shape index (κ2) is 5.19. The smallest absolute Gasteiger partial charge is 0.150 e. The molecule has 0 spiro atoms. The van der Waals surface area contributed by atoms with E-state index in [0.29, 0.717) is 5.56 Å². The molecule has 0 aliphatic rings. The summed E-state index contributed by atoms with van der Waals surface area (Å²) in [6.07, 6.45) is 3.92. The van der Waals surface area contributed by atoms with E-state index in [1.807, 2.05) is 0 Å². The molecule has 0 saturated heterocycles. The first-order valence-electron chi connectivity index (χ1n) is 5.05. The highest BCUT2D eigenvalue weighted by atomic mass is 19.1. The van der Waals surface area contributed by atoms with Crippen molar-refractivity contribution in [3.63, 3.8) is 0 Å². The third-order valence-corrected chi connectivity index (χ3v) is 2.34. The van der Waals surface area contributed by atoms with Crippen molar-refractivity contribution in [2.24, 2.45) is 10.3 Å². The Balaban J connectivity index is 2.52. The molecule has 1 heterocycles. The van der Waals surface area contributed by atoms with Gasteiger partial charge in [-0.25, -0.2) is 8.78 Å². The first kappa shape index (κ1) is 12.6. The van der Waals surface area contributed by atoms with Crippen LogP contribution >= 0.6 is 0 Å². The molecule has 0 aliphatic carbocycles. The summed E-state index contributed by atoms with van der Waals surface area (Å²) in [4.78, 5) is 2.46. The fourth-order valence-corrected chi connectivity index (χ4v) is 1.60. The lowest BCUT2D eigenvalue weighted by Gasteiger charge is -2.06. The molecule has 96 valence electrons. The van der Waals surface area contributed by atoms with Crippen LogP contribution in [-0.2, 0) is 0 Å². The molecule has 0 radical (unpaired) electrons. The number of benzene rings is 1. The summed E-state index contributed by atoms with van der Waals surface area (Å²) in [5.74, 6) is -1.74. The number of nitrogens with zero attached hydrogens (tertiary/aromatic N) is 5. The van der Waals surface area contributed by atoms with E-state index in [1.54, 1.807) is 0 Å². The van der Waals surface area contributed by atoms with E-state index in [4.69, 9.17) is 10.7 Å². The lowest BCUT2D eigenvalue weighted by Crippen LogP contribution is -1.98. The van der Waals surface area contributed by atoms with Gasteiger partial charge in [-0.2, -0.15) is 0 Å². The Hall–Kier alpha value is -2.86. The average Bonchev–Trinajstić information content (AvgIpc) is 2.77. The van der Waals surface area contributed by atoms with Crippen molar-refractivity contribution in [3.05, 3.63) is 58.2 Å². The van der Waals surface area contributed by atoms with Crippen LogP contribution in [0.5, 0.6) is 0 Å². The summed E-state index contributed by atoms with van der Waals surface area (Å²) in [5, 5.41) is 14.3. The number of rotatable bonds is 3. The zero-order chi connectivity index (χ0) is 13.8. The third-order valence-electron chi connectivity index (χ3n) is 2.34. The largest absolute Gasteiger partial charge is 0.411 e. The second-order valence-corrected chi connectivity index (χ2v) is 3.54. The van der Waals surface area contributed by atoms with Crippen molar-refractivity contribution in [3.8, 4) is 5.69 Å². The zero-order valence-electron chi connectivity index (χ0n) is 9.40. The first-order chi connectivity index (χ1) is 9.15. The summed E-state index contributed by atoms with van der Waals surface area (Å²) >= 11 is 0. The molecule has 1 aromatic heterocycles. The Bertz CT molecular complexity index is 665. The van der Waals surface area contributed by atoms with Crippen molar-refractivity contribution in [1.82, 2.24) is 4.57 Å². The molecular weight excluding hydrogens is 256 g/mol. The monoisotopic (exact) mass is 263 g/mol. The van der Waals surface area contributed by atoms with Gasteiger partial charge in [0.15, 0.2) is 11.6 Å². The Morgan fingerprint density at radius 3 is 2.58 bits per heavy atom. The minimum atomic E-state index is -0.870. The van der Waals surface area contributed by atoms with Gasteiger partial charge in [0.05, 0.1) is 6.21 Å². The predicted octanol–water partition coefficient (Wildman–Crippen LogP) is 3.51. The molecule has 1 N–H and O–H groups in total. The van der Waals surface area contributed by atoms with Crippen LogP contribution in [0.15, 0.2) is 40.9 Å². The van der Waals surface area contributed by atoms with Crippen molar-refractivity contribution < 1.29 is 14.0 Å². The van der Waals surface area contributed by atoms with E-state index in [1.165, 1.54) is 23.0 Å². The molecule has 0 bridgehead atoms. The third kappa shape index (κ3) is 2.53. The minimum Gasteiger partial charge on any atom is -0.411 e. The lowest BCUT2D eigenvalue weighted by molar-refractivity contribution is 0.322. The van der Waals surface area contributed by atoms with Gasteiger partial charge in [-0.05, 0) is 23.7 Å². The Morgan fingerprint density at radius 2 is 2.00 bits per heavy atom. The molecule has 19 heavy (non-hydrogen) atoms. The van der Waals surface area contributed by atoms with E-state index in [9.17, 15) is 8.78 Å². The van der Waals surface area contributed by atoms with Gasteiger partial charge in [0.2, 0.25) is 0 Å². The van der Waals surface area contributed by atoms with Crippen LogP contribution in [0.1, 0.15) is 5.56 Å². The molecule has 8 heteroatoms. The highest BCUT2D eigenvalue weighted by Gasteiger charge is 2.12. The Labute approximate surface area is 105 Å². The number of azide groups is 1. The van der Waals surface area contributed by atoms with Crippen LogP contribution < -0.4 is 0 Å². The van der Waals surface area contributed by atoms with Gasteiger partial charge in [-0.15, -0.1) is 0 Å². The number of aromatic nitrogens is 1. The van der Waals surface area contributed by atoms with Gasteiger partial charge in [0.25, 0.3) is 0 Å². The highest BCUT2D eigenvalue weighted by Crippen LogP contribution is 2.24. The van der Waals surface area contributed by atoms with Crippen molar-refractivity contribution in [2.75, 3.05) is 0 Å². The maximum atomic E-state index is 13.8. The van der Waals surface area contributed by atoms with E-state index in [0.717, 1.165) is 18.3 Å². The lowest BCUT2D eigenvalue weighted by atomic mass is 10.2. The SMILES string of the molecule is [N-]=[N+]=Nc1cc(F)c(-n2ccc(C=NO)c2)c(F)c1. The Morgan fingerprint density at radius 1 is 1.32 bits per heavy atom. The summed E-state index contributed by atoms with van der Waals surface area (Å²) in [6.45, 7) is 0. The van der Waals surface area contributed by atoms with E-state index in [2.05, 4.69) is 15.2 Å². The van der Waals surface area contributed by atoms with Gasteiger partial charge in [0.1, 0.15) is 5.69 Å². The molecule has 2 rings (SSSR count). The first-order valence-corrected chi connectivity index (χ1v) is 5.05. The van der Waals surface area contributed by atoms with Crippen molar-refractivity contribution in [1.29, 1.82) is 0 Å². The summed E-state index contributed by atoms with van der Waals surface area (Å²) in [5.41, 5.74) is 8.23. The molecule has 0 saturated carbocycles. The van der Waals surface area contributed by atoms with Gasteiger partial charge in [0, 0.05) is 28.6 Å². The van der Waals surface area contributed by atoms with Crippen LogP contribution in [0.3, 0.4) is 0 Å². The van der Waals surface area contributed by atoms with E-state index in [-0.39, 0.29) is 11.4 Å². The average molecular weight is 263 g/mol. The summed E-state index contributed by atoms with van der Waals surface area (Å²) < 4.78 is 28.8. The fraction of sp³-hybridized carbons (Fsp3) is 0. The quantitative estimate of drug-likeness (QED) is 0.225. The van der Waals surface area contributed by atoms with Crippen LogP contribution in [0.2, 0.25) is 0 Å². The molecule has 0 aliphatic heterocycles. The van der Waals surface area contributed by atoms with Crippen LogP contribution in [0.25, 0.3) is 16.1 Å². The molecule has 2 aromatic rings. The molecule has 0 unspecified atom stereocenters. The standard InChI is InChI=1S/C11H7F2N5O/c12-9-3-8(16-17-14)4-10(13)11(9)18-2-1-7(6-18)5-15-19/h1-6,19H. The van der Waals surface area contributed by atoms with Gasteiger partial charge in [-0.1, -0.05) is 10.3 Å². The van der Waals surface area contributed by atoms with Crippen LogP contribution in [-0.4, -0.2) is 16.0 Å². The normalized spacial score (nSPS) is 10.6. The number of oxime groups is 1. The van der Waals surface area contributed by atoms with E-state index >= 15 is 0 Å². The van der Waals surface area contributed by atoms with Crippen molar-refractivity contribution in [2.45, 2.75) is 0 Å². The zero-order valence-corrected chi connectivity index (χ0v) is 9.40. The summed E-state index contributed by atoms with van der Waals surface area (Å²) in [7, 11) is 0. The molecule has 6 nitrogen and oxygen atoms in total. The number of hydrogen-bond donors (Lipinski definition) is 1. The van der Waals surface area contributed by atoms with Gasteiger partial charge < -0.3 is 9.77 Å². The number of halogens is 2. The summed E-state index contributed by atoms with van der Waals surface area (Å²) in [6, 6.07) is 3.37. The number of hydrogen-bond acceptors (Lipinski definition) is 3.